The lowest BCUT2D eigenvalue weighted by atomic mass is 9.79. The molecule has 0 spiro atoms. The summed E-state index contributed by atoms with van der Waals surface area (Å²) in [5.74, 6) is -2.63. The van der Waals surface area contributed by atoms with Gasteiger partial charge in [0.2, 0.25) is 5.91 Å². The number of amides is 1. The van der Waals surface area contributed by atoms with Gasteiger partial charge in [0.15, 0.2) is 0 Å². The number of nitrogens with zero attached hydrogens (tertiary/aromatic N) is 4. The monoisotopic (exact) mass is 448 g/mol. The van der Waals surface area contributed by atoms with E-state index in [-0.39, 0.29) is 5.91 Å². The summed E-state index contributed by atoms with van der Waals surface area (Å²) in [6, 6.07) is 0. The van der Waals surface area contributed by atoms with Crippen molar-refractivity contribution in [1.82, 2.24) is 19.7 Å². The third-order valence-corrected chi connectivity index (χ3v) is 5.41. The Kier molecular flexibility index (Phi) is 7.32. The first-order valence-electron chi connectivity index (χ1n) is 9.97. The van der Waals surface area contributed by atoms with Crippen LogP contribution in [-0.4, -0.2) is 67.0 Å². The van der Waals surface area contributed by atoms with Crippen LogP contribution in [0.15, 0.2) is 0 Å². The maximum absolute atomic E-state index is 12.7. The molecule has 1 amide bonds. The molecule has 0 radical (unpaired) electrons. The van der Waals surface area contributed by atoms with Crippen molar-refractivity contribution in [3.05, 3.63) is 11.6 Å². The zero-order chi connectivity index (χ0) is 23.6. The van der Waals surface area contributed by atoms with E-state index in [4.69, 9.17) is 9.90 Å². The van der Waals surface area contributed by atoms with Crippen molar-refractivity contribution in [3.63, 3.8) is 0 Å². The Morgan fingerprint density at radius 1 is 1.03 bits per heavy atom. The molecule has 1 atom stereocenters. The fourth-order valence-electron chi connectivity index (χ4n) is 3.86. The molecule has 12 heteroatoms. The molecule has 2 N–H and O–H groups in total. The van der Waals surface area contributed by atoms with Gasteiger partial charge in [-0.3, -0.25) is 9.59 Å². The summed E-state index contributed by atoms with van der Waals surface area (Å²) in [4.78, 5) is 34.8. The largest absolute Gasteiger partial charge is 0.490 e. The molecule has 3 rings (SSSR count). The number of aryl methyl sites for hydroxylation is 1. The summed E-state index contributed by atoms with van der Waals surface area (Å²) in [6.07, 6.45) is -1.32. The highest BCUT2D eigenvalue weighted by Crippen LogP contribution is 2.33. The molecule has 2 aliphatic heterocycles. The molecule has 1 aromatic rings. The maximum atomic E-state index is 12.7. The Balaban J connectivity index is 0.000000423. The quantitative estimate of drug-likeness (QED) is 0.680. The third kappa shape index (κ3) is 5.95. The fraction of sp³-hybridized carbons (Fsp3) is 0.737. The van der Waals surface area contributed by atoms with E-state index in [0.29, 0.717) is 19.0 Å². The second-order valence-corrected chi connectivity index (χ2v) is 8.77. The first kappa shape index (κ1) is 24.6. The van der Waals surface area contributed by atoms with E-state index >= 15 is 0 Å². The van der Waals surface area contributed by atoms with E-state index in [1.165, 1.54) is 0 Å². The number of aromatic nitrogens is 3. The lowest BCUT2D eigenvalue weighted by molar-refractivity contribution is -0.192. The van der Waals surface area contributed by atoms with Crippen LogP contribution in [-0.2, 0) is 27.3 Å². The molecular formula is C19H27F3N4O5. The summed E-state index contributed by atoms with van der Waals surface area (Å²) in [5, 5.41) is 25.2. The SMILES string of the molecule is CC(C)(C)C(C(=O)O)C(=O)N1CCC(c2nnc3n2CCC3)CC1.O=C(O)C(F)(F)F. The molecule has 1 unspecified atom stereocenters. The van der Waals surface area contributed by atoms with Gasteiger partial charge in [-0.25, -0.2) is 4.79 Å². The van der Waals surface area contributed by atoms with Crippen LogP contribution in [0.1, 0.15) is 57.6 Å². The fourth-order valence-corrected chi connectivity index (χ4v) is 3.86. The predicted octanol–water partition coefficient (Wildman–Crippen LogP) is 2.31. The van der Waals surface area contributed by atoms with Crippen LogP contribution in [0.4, 0.5) is 13.2 Å². The van der Waals surface area contributed by atoms with Gasteiger partial charge in [0.25, 0.3) is 0 Å². The lowest BCUT2D eigenvalue weighted by Crippen LogP contribution is -2.47. The molecule has 0 aliphatic carbocycles. The van der Waals surface area contributed by atoms with E-state index in [2.05, 4.69) is 14.8 Å². The Labute approximate surface area is 177 Å². The van der Waals surface area contributed by atoms with Gasteiger partial charge in [0.1, 0.15) is 17.6 Å². The predicted molar refractivity (Wildman–Crippen MR) is 101 cm³/mol. The number of carboxylic acid groups (broad SMARTS) is 2. The molecule has 0 bridgehead atoms. The summed E-state index contributed by atoms with van der Waals surface area (Å²) in [5.41, 5.74) is -0.590. The van der Waals surface area contributed by atoms with Crippen LogP contribution in [0.25, 0.3) is 0 Å². The molecule has 2 aliphatic rings. The second-order valence-electron chi connectivity index (χ2n) is 8.77. The first-order chi connectivity index (χ1) is 14.2. The summed E-state index contributed by atoms with van der Waals surface area (Å²) < 4.78 is 34.0. The zero-order valence-corrected chi connectivity index (χ0v) is 17.6. The average molecular weight is 448 g/mol. The van der Waals surface area contributed by atoms with E-state index in [0.717, 1.165) is 43.9 Å². The standard InChI is InChI=1S/C17H26N4O3.C2HF3O2/c1-17(2,3)13(16(23)24)15(22)20-9-6-11(7-10-20)14-19-18-12-5-4-8-21(12)14;3-2(4,5)1(6)7/h11,13H,4-10H2,1-3H3,(H,23,24);(H,6,7). The van der Waals surface area contributed by atoms with Crippen LogP contribution in [0.3, 0.4) is 0 Å². The number of likely N-dealkylation sites (tertiary alicyclic amines) is 1. The highest BCUT2D eigenvalue weighted by Gasteiger charge is 2.41. The van der Waals surface area contributed by atoms with Crippen LogP contribution in [0.5, 0.6) is 0 Å². The van der Waals surface area contributed by atoms with Crippen molar-refractivity contribution in [3.8, 4) is 0 Å². The average Bonchev–Trinajstić information content (AvgIpc) is 3.23. The first-order valence-corrected chi connectivity index (χ1v) is 9.97. The Bertz CT molecular complexity index is 823. The number of alkyl halides is 3. The molecule has 1 saturated heterocycles. The zero-order valence-electron chi connectivity index (χ0n) is 17.6. The summed E-state index contributed by atoms with van der Waals surface area (Å²) in [6.45, 7) is 7.57. The van der Waals surface area contributed by atoms with Gasteiger partial charge in [-0.15, -0.1) is 10.2 Å². The van der Waals surface area contributed by atoms with Crippen LogP contribution in [0, 0.1) is 11.3 Å². The number of rotatable bonds is 3. The van der Waals surface area contributed by atoms with E-state index in [1.54, 1.807) is 25.7 Å². The normalized spacial score (nSPS) is 18.1. The van der Waals surface area contributed by atoms with Gasteiger partial charge in [0.05, 0.1) is 0 Å². The highest BCUT2D eigenvalue weighted by molar-refractivity contribution is 5.97. The Morgan fingerprint density at radius 2 is 1.58 bits per heavy atom. The van der Waals surface area contributed by atoms with E-state index in [9.17, 15) is 27.9 Å². The van der Waals surface area contributed by atoms with Gasteiger partial charge in [0, 0.05) is 32.0 Å². The minimum atomic E-state index is -5.08. The van der Waals surface area contributed by atoms with Crippen molar-refractivity contribution >= 4 is 17.8 Å². The number of carbonyl (C=O) groups is 3. The number of aliphatic carboxylic acids is 2. The number of hydrogen-bond acceptors (Lipinski definition) is 5. The van der Waals surface area contributed by atoms with Crippen LogP contribution in [0.2, 0.25) is 0 Å². The second kappa shape index (κ2) is 9.23. The van der Waals surface area contributed by atoms with E-state index < -0.39 is 29.4 Å². The number of carboxylic acids is 2. The molecule has 0 saturated carbocycles. The molecule has 1 fully saturated rings. The minimum absolute atomic E-state index is 0.264. The highest BCUT2D eigenvalue weighted by atomic mass is 19.4. The van der Waals surface area contributed by atoms with Crippen molar-refractivity contribution in [1.29, 1.82) is 0 Å². The van der Waals surface area contributed by atoms with E-state index in [1.807, 2.05) is 0 Å². The number of carbonyl (C=O) groups excluding carboxylic acids is 1. The molecule has 9 nitrogen and oxygen atoms in total. The topological polar surface area (TPSA) is 126 Å². The number of halogens is 3. The summed E-state index contributed by atoms with van der Waals surface area (Å²) in [7, 11) is 0. The number of hydrogen-bond donors (Lipinski definition) is 2. The van der Waals surface area contributed by atoms with Gasteiger partial charge in [-0.05, 0) is 24.7 Å². The van der Waals surface area contributed by atoms with Gasteiger partial charge in [-0.1, -0.05) is 20.8 Å². The third-order valence-electron chi connectivity index (χ3n) is 5.41. The molecule has 3 heterocycles. The molecular weight excluding hydrogens is 421 g/mol. The van der Waals surface area contributed by atoms with Gasteiger partial charge in [-0.2, -0.15) is 13.2 Å². The van der Waals surface area contributed by atoms with Crippen molar-refractivity contribution in [2.75, 3.05) is 13.1 Å². The van der Waals surface area contributed by atoms with Crippen LogP contribution >= 0.6 is 0 Å². The Hall–Kier alpha value is -2.66. The van der Waals surface area contributed by atoms with Gasteiger partial charge < -0.3 is 19.7 Å². The van der Waals surface area contributed by atoms with Crippen molar-refractivity contribution in [2.45, 2.75) is 65.1 Å². The van der Waals surface area contributed by atoms with Gasteiger partial charge >= 0.3 is 18.1 Å². The Morgan fingerprint density at radius 3 is 2.03 bits per heavy atom. The molecule has 31 heavy (non-hydrogen) atoms. The molecule has 174 valence electrons. The van der Waals surface area contributed by atoms with Crippen molar-refractivity contribution in [2.24, 2.45) is 11.3 Å². The number of fused-ring (bicyclic) bond motifs is 1. The van der Waals surface area contributed by atoms with Crippen molar-refractivity contribution < 1.29 is 37.8 Å². The maximum Gasteiger partial charge on any atom is 0.490 e. The molecule has 0 aromatic carbocycles. The minimum Gasteiger partial charge on any atom is -0.481 e. The lowest BCUT2D eigenvalue weighted by Gasteiger charge is -2.36. The molecule has 1 aromatic heterocycles. The van der Waals surface area contributed by atoms with Crippen LogP contribution < -0.4 is 0 Å². The number of piperidine rings is 1. The summed E-state index contributed by atoms with van der Waals surface area (Å²) >= 11 is 0. The smallest absolute Gasteiger partial charge is 0.481 e.